The number of amides is 1. The lowest BCUT2D eigenvalue weighted by molar-refractivity contribution is 0.102. The van der Waals surface area contributed by atoms with E-state index in [2.05, 4.69) is 15.3 Å². The Bertz CT molecular complexity index is 1570. The zero-order valence-electron chi connectivity index (χ0n) is 18.9. The minimum absolute atomic E-state index is 0.243. The molecule has 1 amide bonds. The molecule has 1 N–H and O–H groups in total. The van der Waals surface area contributed by atoms with Gasteiger partial charge in [0.2, 0.25) is 0 Å². The van der Waals surface area contributed by atoms with Gasteiger partial charge in [0.1, 0.15) is 16.7 Å². The number of nitrogens with zero attached hydrogens (tertiary/aromatic N) is 2. The van der Waals surface area contributed by atoms with Gasteiger partial charge in [0, 0.05) is 35.1 Å². The predicted octanol–water partition coefficient (Wildman–Crippen LogP) is 6.50. The largest absolute Gasteiger partial charge is 0.493 e. The SMILES string of the molecule is COc1cc2nccc(Oc3ccc4c(C(=O)Nc5ccnc(Cl)c5)cccc4c3)c2cc1OC. The first-order valence-electron chi connectivity index (χ1n) is 10.7. The Morgan fingerprint density at radius 1 is 0.829 bits per heavy atom. The molecule has 174 valence electrons. The second kappa shape index (κ2) is 9.48. The third-order valence-corrected chi connectivity index (χ3v) is 5.72. The number of halogens is 1. The molecule has 0 radical (unpaired) electrons. The van der Waals surface area contributed by atoms with Crippen LogP contribution in [0.25, 0.3) is 21.7 Å². The summed E-state index contributed by atoms with van der Waals surface area (Å²) in [5.41, 5.74) is 1.83. The standard InChI is InChI=1S/C27H20ClN3O4/c1-33-24-14-21-22(15-25(24)34-2)29-11-9-23(21)35-18-6-7-19-16(12-18)4-3-5-20(19)27(32)31-17-8-10-30-26(28)13-17/h3-15H,1-2H3,(H,30,31,32). The molecular weight excluding hydrogens is 466 g/mol. The van der Waals surface area contributed by atoms with E-state index in [0.717, 1.165) is 21.7 Å². The maximum Gasteiger partial charge on any atom is 0.256 e. The van der Waals surface area contributed by atoms with Crippen molar-refractivity contribution in [3.63, 3.8) is 0 Å². The lowest BCUT2D eigenvalue weighted by Gasteiger charge is -2.13. The van der Waals surface area contributed by atoms with Crippen LogP contribution in [-0.2, 0) is 0 Å². The molecule has 0 spiro atoms. The number of anilines is 1. The van der Waals surface area contributed by atoms with Gasteiger partial charge >= 0.3 is 0 Å². The minimum atomic E-state index is -0.243. The van der Waals surface area contributed by atoms with E-state index in [1.165, 1.54) is 0 Å². The fraction of sp³-hybridized carbons (Fsp3) is 0.0741. The van der Waals surface area contributed by atoms with Gasteiger partial charge in [-0.05, 0) is 59.3 Å². The first-order chi connectivity index (χ1) is 17.1. The average molecular weight is 486 g/mol. The second-order valence-electron chi connectivity index (χ2n) is 7.65. The van der Waals surface area contributed by atoms with Crippen LogP contribution in [-0.4, -0.2) is 30.1 Å². The fourth-order valence-electron chi connectivity index (χ4n) is 3.87. The summed E-state index contributed by atoms with van der Waals surface area (Å²) in [7, 11) is 3.17. The van der Waals surface area contributed by atoms with Gasteiger partial charge in [-0.15, -0.1) is 0 Å². The van der Waals surface area contributed by atoms with E-state index in [4.69, 9.17) is 25.8 Å². The van der Waals surface area contributed by atoms with Gasteiger partial charge < -0.3 is 19.5 Å². The molecule has 35 heavy (non-hydrogen) atoms. The van der Waals surface area contributed by atoms with Gasteiger partial charge in [-0.3, -0.25) is 9.78 Å². The highest BCUT2D eigenvalue weighted by Gasteiger charge is 2.14. The van der Waals surface area contributed by atoms with Crippen LogP contribution in [0.2, 0.25) is 5.15 Å². The molecule has 0 bridgehead atoms. The molecule has 0 unspecified atom stereocenters. The summed E-state index contributed by atoms with van der Waals surface area (Å²) in [6.07, 6.45) is 3.22. The Morgan fingerprint density at radius 3 is 2.43 bits per heavy atom. The molecule has 0 fully saturated rings. The fourth-order valence-corrected chi connectivity index (χ4v) is 4.04. The number of hydrogen-bond acceptors (Lipinski definition) is 6. The topological polar surface area (TPSA) is 82.6 Å². The molecular formula is C27H20ClN3O4. The van der Waals surface area contributed by atoms with Gasteiger partial charge in [0.25, 0.3) is 5.91 Å². The molecule has 8 heteroatoms. The maximum atomic E-state index is 12.9. The van der Waals surface area contributed by atoms with Crippen molar-refractivity contribution in [1.82, 2.24) is 9.97 Å². The van der Waals surface area contributed by atoms with E-state index in [1.54, 1.807) is 50.9 Å². The van der Waals surface area contributed by atoms with E-state index in [0.29, 0.717) is 39.4 Å². The minimum Gasteiger partial charge on any atom is -0.493 e. The van der Waals surface area contributed by atoms with Crippen molar-refractivity contribution in [3.05, 3.63) is 89.8 Å². The first kappa shape index (κ1) is 22.4. The highest BCUT2D eigenvalue weighted by molar-refractivity contribution is 6.29. The Kier molecular flexibility index (Phi) is 6.08. The van der Waals surface area contributed by atoms with E-state index in [-0.39, 0.29) is 5.91 Å². The third-order valence-electron chi connectivity index (χ3n) is 5.52. The molecule has 2 heterocycles. The van der Waals surface area contributed by atoms with Crippen LogP contribution in [0.3, 0.4) is 0 Å². The Morgan fingerprint density at radius 2 is 1.63 bits per heavy atom. The van der Waals surface area contributed by atoms with Crippen LogP contribution in [0.1, 0.15) is 10.4 Å². The highest BCUT2D eigenvalue weighted by atomic mass is 35.5. The highest BCUT2D eigenvalue weighted by Crippen LogP contribution is 2.37. The molecule has 0 atom stereocenters. The Balaban J connectivity index is 1.47. The van der Waals surface area contributed by atoms with Gasteiger partial charge in [-0.2, -0.15) is 0 Å². The van der Waals surface area contributed by atoms with Crippen molar-refractivity contribution in [2.24, 2.45) is 0 Å². The van der Waals surface area contributed by atoms with Crippen molar-refractivity contribution in [2.45, 2.75) is 0 Å². The summed E-state index contributed by atoms with van der Waals surface area (Å²) in [5.74, 6) is 2.18. The number of methoxy groups -OCH3 is 2. The summed E-state index contributed by atoms with van der Waals surface area (Å²) >= 11 is 5.93. The van der Waals surface area contributed by atoms with E-state index in [9.17, 15) is 4.79 Å². The number of ether oxygens (including phenoxy) is 3. The zero-order valence-corrected chi connectivity index (χ0v) is 19.7. The van der Waals surface area contributed by atoms with Crippen LogP contribution in [0.5, 0.6) is 23.0 Å². The van der Waals surface area contributed by atoms with Crippen LogP contribution < -0.4 is 19.5 Å². The van der Waals surface area contributed by atoms with Crippen LogP contribution in [0.15, 0.2) is 79.1 Å². The number of nitrogens with one attached hydrogen (secondary N) is 1. The quantitative estimate of drug-likeness (QED) is 0.276. The number of hydrogen-bond donors (Lipinski definition) is 1. The number of fused-ring (bicyclic) bond motifs is 2. The molecule has 3 aromatic carbocycles. The van der Waals surface area contributed by atoms with E-state index in [1.807, 2.05) is 42.5 Å². The number of pyridine rings is 2. The molecule has 0 saturated carbocycles. The molecule has 2 aromatic heterocycles. The van der Waals surface area contributed by atoms with Gasteiger partial charge in [0.15, 0.2) is 11.5 Å². The normalized spacial score (nSPS) is 10.8. The molecule has 0 aliphatic carbocycles. The molecule has 0 aliphatic heterocycles. The van der Waals surface area contributed by atoms with Crippen molar-refractivity contribution in [3.8, 4) is 23.0 Å². The van der Waals surface area contributed by atoms with Crippen molar-refractivity contribution < 1.29 is 19.0 Å². The van der Waals surface area contributed by atoms with Crippen LogP contribution in [0, 0.1) is 0 Å². The van der Waals surface area contributed by atoms with E-state index < -0.39 is 0 Å². The Labute approximate surface area is 206 Å². The number of aromatic nitrogens is 2. The lowest BCUT2D eigenvalue weighted by Crippen LogP contribution is -2.12. The summed E-state index contributed by atoms with van der Waals surface area (Å²) in [5, 5.41) is 5.61. The number of rotatable bonds is 6. The monoisotopic (exact) mass is 485 g/mol. The zero-order chi connectivity index (χ0) is 24.4. The summed E-state index contributed by atoms with van der Waals surface area (Å²) in [6.45, 7) is 0. The van der Waals surface area contributed by atoms with Crippen LogP contribution in [0.4, 0.5) is 5.69 Å². The summed E-state index contributed by atoms with van der Waals surface area (Å²) in [4.78, 5) is 21.3. The van der Waals surface area contributed by atoms with Crippen molar-refractivity contribution in [2.75, 3.05) is 19.5 Å². The lowest BCUT2D eigenvalue weighted by atomic mass is 10.0. The number of carbonyl (C=O) groups excluding carboxylic acids is 1. The van der Waals surface area contributed by atoms with Crippen molar-refractivity contribution >= 4 is 44.9 Å². The van der Waals surface area contributed by atoms with Gasteiger partial charge in [-0.25, -0.2) is 4.98 Å². The average Bonchev–Trinajstić information content (AvgIpc) is 2.87. The van der Waals surface area contributed by atoms with E-state index >= 15 is 0 Å². The molecule has 7 nitrogen and oxygen atoms in total. The second-order valence-corrected chi connectivity index (χ2v) is 8.03. The molecule has 0 saturated heterocycles. The summed E-state index contributed by atoms with van der Waals surface area (Å²) < 4.78 is 17.0. The Hall–Kier alpha value is -4.36. The molecule has 5 aromatic rings. The first-order valence-corrected chi connectivity index (χ1v) is 11.1. The molecule has 5 rings (SSSR count). The predicted molar refractivity (Wildman–Crippen MR) is 136 cm³/mol. The van der Waals surface area contributed by atoms with Crippen LogP contribution >= 0.6 is 11.6 Å². The van der Waals surface area contributed by atoms with Gasteiger partial charge in [0.05, 0.1) is 19.7 Å². The van der Waals surface area contributed by atoms with Gasteiger partial charge in [-0.1, -0.05) is 23.7 Å². The number of carbonyl (C=O) groups is 1. The maximum absolute atomic E-state index is 12.9. The smallest absolute Gasteiger partial charge is 0.256 e. The number of benzene rings is 3. The summed E-state index contributed by atoms with van der Waals surface area (Å²) in [6, 6.07) is 19.8. The van der Waals surface area contributed by atoms with Crippen molar-refractivity contribution in [1.29, 1.82) is 0 Å². The third kappa shape index (κ3) is 4.54. The molecule has 0 aliphatic rings.